The van der Waals surface area contributed by atoms with Gasteiger partial charge in [0.1, 0.15) is 0 Å². The lowest BCUT2D eigenvalue weighted by molar-refractivity contribution is -0.161. The number of amides is 1. The quantitative estimate of drug-likeness (QED) is 0.804. The maximum Gasteiger partial charge on any atom is 0.251 e. The lowest BCUT2D eigenvalue weighted by Gasteiger charge is -2.38. The first-order valence-electron chi connectivity index (χ1n) is 9.42. The number of hydrazone groups is 1. The van der Waals surface area contributed by atoms with E-state index in [0.717, 1.165) is 11.1 Å². The van der Waals surface area contributed by atoms with Crippen LogP contribution in [0.2, 0.25) is 5.02 Å². The molecule has 1 atom stereocenters. The van der Waals surface area contributed by atoms with Crippen molar-refractivity contribution in [3.05, 3.63) is 70.7 Å². The normalized spacial score (nSPS) is 19.3. The van der Waals surface area contributed by atoms with Crippen molar-refractivity contribution in [2.45, 2.75) is 39.3 Å². The Morgan fingerprint density at radius 2 is 1.89 bits per heavy atom. The Labute approximate surface area is 171 Å². The molecule has 148 valence electrons. The van der Waals surface area contributed by atoms with Gasteiger partial charge in [0.25, 0.3) is 5.91 Å². The van der Waals surface area contributed by atoms with Gasteiger partial charge in [-0.15, -0.1) is 5.10 Å². The zero-order valence-corrected chi connectivity index (χ0v) is 17.2. The van der Waals surface area contributed by atoms with Crippen LogP contribution >= 0.6 is 11.6 Å². The van der Waals surface area contributed by atoms with Crippen LogP contribution in [0.5, 0.6) is 0 Å². The van der Waals surface area contributed by atoms with E-state index < -0.39 is 11.1 Å². The van der Waals surface area contributed by atoms with E-state index in [1.165, 1.54) is 5.01 Å². The molecule has 1 aliphatic rings. The second-order valence-corrected chi connectivity index (χ2v) is 8.36. The standard InChI is InChI=1S/C22H26ClN3O2/c1-21(2,3)20(27)26-22(13-8-14-24,17-10-5-4-6-11-17)28-19(25-26)16-9-7-12-18(23)15-16/h4-7,9-12,15H,8,13-14,24H2,1-3H3. The fourth-order valence-corrected chi connectivity index (χ4v) is 3.37. The van der Waals surface area contributed by atoms with Gasteiger partial charge in [0.05, 0.1) is 0 Å². The summed E-state index contributed by atoms with van der Waals surface area (Å²) in [6, 6.07) is 17.0. The van der Waals surface area contributed by atoms with Crippen molar-refractivity contribution in [2.24, 2.45) is 16.3 Å². The van der Waals surface area contributed by atoms with E-state index in [9.17, 15) is 4.79 Å². The molecule has 1 heterocycles. The van der Waals surface area contributed by atoms with Crippen LogP contribution in [0.4, 0.5) is 0 Å². The molecular weight excluding hydrogens is 374 g/mol. The summed E-state index contributed by atoms with van der Waals surface area (Å²) in [4.78, 5) is 13.3. The minimum atomic E-state index is -1.04. The summed E-state index contributed by atoms with van der Waals surface area (Å²) in [6.45, 7) is 6.12. The number of rotatable bonds is 5. The highest BCUT2D eigenvalue weighted by Crippen LogP contribution is 2.42. The van der Waals surface area contributed by atoms with Gasteiger partial charge in [0, 0.05) is 28.0 Å². The third-order valence-corrected chi connectivity index (χ3v) is 4.88. The van der Waals surface area contributed by atoms with E-state index in [0.29, 0.717) is 30.3 Å². The Kier molecular flexibility index (Phi) is 5.77. The molecule has 0 saturated carbocycles. The highest BCUT2D eigenvalue weighted by molar-refractivity contribution is 6.31. The Hall–Kier alpha value is -2.37. The van der Waals surface area contributed by atoms with E-state index in [1.807, 2.05) is 63.2 Å². The fourth-order valence-electron chi connectivity index (χ4n) is 3.18. The molecule has 28 heavy (non-hydrogen) atoms. The average Bonchev–Trinajstić information content (AvgIpc) is 3.06. The Balaban J connectivity index is 2.14. The van der Waals surface area contributed by atoms with Gasteiger partial charge in [-0.05, 0) is 31.2 Å². The Bertz CT molecular complexity index is 877. The topological polar surface area (TPSA) is 67.9 Å². The third kappa shape index (κ3) is 3.91. The van der Waals surface area contributed by atoms with Crippen molar-refractivity contribution in [3.63, 3.8) is 0 Å². The maximum atomic E-state index is 13.3. The zero-order valence-electron chi connectivity index (χ0n) is 16.5. The van der Waals surface area contributed by atoms with Crippen LogP contribution in [-0.4, -0.2) is 23.4 Å². The fraction of sp³-hybridized carbons (Fsp3) is 0.364. The number of halogens is 1. The molecule has 3 rings (SSSR count). The van der Waals surface area contributed by atoms with E-state index in [1.54, 1.807) is 12.1 Å². The molecule has 5 nitrogen and oxygen atoms in total. The lowest BCUT2D eigenvalue weighted by atomic mass is 9.91. The smallest absolute Gasteiger partial charge is 0.251 e. The number of carbonyl (C=O) groups excluding carboxylic acids is 1. The summed E-state index contributed by atoms with van der Waals surface area (Å²) in [7, 11) is 0. The molecule has 1 amide bonds. The SMILES string of the molecule is CC(C)(C)C(=O)N1N=C(c2cccc(Cl)c2)OC1(CCCN)c1ccccc1. The van der Waals surface area contributed by atoms with Gasteiger partial charge in [-0.25, -0.2) is 0 Å². The largest absolute Gasteiger partial charge is 0.443 e. The first-order chi connectivity index (χ1) is 13.3. The predicted octanol–water partition coefficient (Wildman–Crippen LogP) is 4.50. The number of nitrogens with zero attached hydrogens (tertiary/aromatic N) is 2. The molecule has 0 aliphatic carbocycles. The highest BCUT2D eigenvalue weighted by atomic mass is 35.5. The molecule has 2 aromatic rings. The monoisotopic (exact) mass is 399 g/mol. The Morgan fingerprint density at radius 3 is 2.50 bits per heavy atom. The van der Waals surface area contributed by atoms with Crippen molar-refractivity contribution in [1.82, 2.24) is 5.01 Å². The summed E-state index contributed by atoms with van der Waals surface area (Å²) in [5, 5.41) is 6.70. The van der Waals surface area contributed by atoms with Crippen LogP contribution in [0.3, 0.4) is 0 Å². The zero-order chi connectivity index (χ0) is 20.4. The molecule has 0 bridgehead atoms. The van der Waals surface area contributed by atoms with Crippen LogP contribution in [-0.2, 0) is 15.3 Å². The molecule has 0 saturated heterocycles. The van der Waals surface area contributed by atoms with Gasteiger partial charge in [0.15, 0.2) is 0 Å². The molecule has 1 unspecified atom stereocenters. The summed E-state index contributed by atoms with van der Waals surface area (Å²) in [6.07, 6.45) is 1.21. The van der Waals surface area contributed by atoms with Gasteiger partial charge in [0.2, 0.25) is 11.6 Å². The molecule has 1 aliphatic heterocycles. The molecule has 6 heteroatoms. The number of ether oxygens (including phenoxy) is 1. The van der Waals surface area contributed by atoms with Crippen molar-refractivity contribution in [3.8, 4) is 0 Å². The number of nitrogens with two attached hydrogens (primary N) is 1. The summed E-state index contributed by atoms with van der Waals surface area (Å²) in [5.74, 6) is 0.256. The average molecular weight is 400 g/mol. The summed E-state index contributed by atoms with van der Waals surface area (Å²) >= 11 is 6.16. The van der Waals surface area contributed by atoms with Crippen LogP contribution in [0.1, 0.15) is 44.7 Å². The van der Waals surface area contributed by atoms with E-state index in [2.05, 4.69) is 5.10 Å². The van der Waals surface area contributed by atoms with Crippen molar-refractivity contribution in [1.29, 1.82) is 0 Å². The first kappa shape index (κ1) is 20.4. The number of hydrogen-bond acceptors (Lipinski definition) is 4. The highest BCUT2D eigenvalue weighted by Gasteiger charge is 2.51. The minimum absolute atomic E-state index is 0.120. The predicted molar refractivity (Wildman–Crippen MR) is 112 cm³/mol. The molecule has 0 fully saturated rings. The van der Waals surface area contributed by atoms with Gasteiger partial charge in [-0.2, -0.15) is 5.01 Å². The second-order valence-electron chi connectivity index (χ2n) is 7.93. The third-order valence-electron chi connectivity index (χ3n) is 4.65. The van der Waals surface area contributed by atoms with E-state index in [-0.39, 0.29) is 5.91 Å². The number of hydrogen-bond donors (Lipinski definition) is 1. The number of benzene rings is 2. The maximum absolute atomic E-state index is 13.3. The van der Waals surface area contributed by atoms with Crippen LogP contribution < -0.4 is 5.73 Å². The molecule has 2 aromatic carbocycles. The first-order valence-corrected chi connectivity index (χ1v) is 9.79. The molecular formula is C22H26ClN3O2. The summed E-state index contributed by atoms with van der Waals surface area (Å²) in [5.41, 5.74) is 5.73. The van der Waals surface area contributed by atoms with E-state index >= 15 is 0 Å². The van der Waals surface area contributed by atoms with Crippen molar-refractivity contribution in [2.75, 3.05) is 6.54 Å². The van der Waals surface area contributed by atoms with Gasteiger partial charge >= 0.3 is 0 Å². The molecule has 0 aromatic heterocycles. The van der Waals surface area contributed by atoms with Gasteiger partial charge in [-0.1, -0.05) is 68.8 Å². The van der Waals surface area contributed by atoms with Crippen molar-refractivity contribution < 1.29 is 9.53 Å². The van der Waals surface area contributed by atoms with Gasteiger partial charge < -0.3 is 10.5 Å². The van der Waals surface area contributed by atoms with Crippen LogP contribution in [0, 0.1) is 5.41 Å². The minimum Gasteiger partial charge on any atom is -0.443 e. The van der Waals surface area contributed by atoms with Gasteiger partial charge in [-0.3, -0.25) is 4.79 Å². The lowest BCUT2D eigenvalue weighted by Crippen LogP contribution is -2.49. The van der Waals surface area contributed by atoms with Crippen LogP contribution in [0.25, 0.3) is 0 Å². The van der Waals surface area contributed by atoms with Crippen molar-refractivity contribution >= 4 is 23.4 Å². The number of carbonyl (C=O) groups is 1. The summed E-state index contributed by atoms with van der Waals surface area (Å²) < 4.78 is 6.45. The molecule has 0 radical (unpaired) electrons. The molecule has 2 N–H and O–H groups in total. The Morgan fingerprint density at radius 1 is 1.18 bits per heavy atom. The second kappa shape index (κ2) is 7.94. The van der Waals surface area contributed by atoms with Crippen LogP contribution in [0.15, 0.2) is 59.7 Å². The van der Waals surface area contributed by atoms with E-state index in [4.69, 9.17) is 22.1 Å². The molecule has 0 spiro atoms.